The summed E-state index contributed by atoms with van der Waals surface area (Å²) in [6.07, 6.45) is 3.06. The van der Waals surface area contributed by atoms with Crippen LogP contribution >= 0.6 is 0 Å². The number of aromatic amines is 1. The zero-order valence-electron chi connectivity index (χ0n) is 16.9. The summed E-state index contributed by atoms with van der Waals surface area (Å²) in [4.78, 5) is 24.9. The average Bonchev–Trinajstić information content (AvgIpc) is 3.12. The van der Waals surface area contributed by atoms with E-state index >= 15 is 0 Å². The van der Waals surface area contributed by atoms with Gasteiger partial charge in [-0.05, 0) is 32.0 Å². The van der Waals surface area contributed by atoms with Gasteiger partial charge in [0.05, 0.1) is 22.7 Å². The van der Waals surface area contributed by atoms with Gasteiger partial charge in [0.2, 0.25) is 10.0 Å². The van der Waals surface area contributed by atoms with E-state index in [1.54, 1.807) is 37.4 Å². The number of hydrogen-bond acceptors (Lipinski definition) is 6. The first kappa shape index (κ1) is 21.7. The second kappa shape index (κ2) is 9.19. The predicted octanol–water partition coefficient (Wildman–Crippen LogP) is 2.62. The van der Waals surface area contributed by atoms with Crippen LogP contribution in [-0.4, -0.2) is 52.8 Å². The fourth-order valence-corrected chi connectivity index (χ4v) is 4.80. The maximum absolute atomic E-state index is 13.4. The molecule has 0 aliphatic carbocycles. The largest absolute Gasteiger partial charge is 0.465 e. The summed E-state index contributed by atoms with van der Waals surface area (Å²) in [7, 11) is -3.99. The minimum absolute atomic E-state index is 0.0143. The van der Waals surface area contributed by atoms with Crippen LogP contribution in [0.5, 0.6) is 0 Å². The van der Waals surface area contributed by atoms with Gasteiger partial charge in [-0.15, -0.1) is 6.58 Å². The first-order valence-electron chi connectivity index (χ1n) is 9.53. The number of carbonyl (C=O) groups excluding carboxylic acids is 1. The molecule has 0 radical (unpaired) electrons. The smallest absolute Gasteiger partial charge is 0.324 e. The molecular weight excluding hydrogens is 404 g/mol. The van der Waals surface area contributed by atoms with Crippen molar-refractivity contribution in [1.29, 1.82) is 0 Å². The van der Waals surface area contributed by atoms with Crippen LogP contribution in [-0.2, 0) is 26.0 Å². The molecule has 2 heterocycles. The van der Waals surface area contributed by atoms with Crippen LogP contribution in [0.4, 0.5) is 0 Å². The van der Waals surface area contributed by atoms with Crippen LogP contribution in [0, 0.1) is 6.92 Å². The van der Waals surface area contributed by atoms with E-state index in [9.17, 15) is 13.2 Å². The van der Waals surface area contributed by atoms with Crippen molar-refractivity contribution in [3.8, 4) is 0 Å². The molecular formula is C21H24N4O4S. The first-order valence-corrected chi connectivity index (χ1v) is 11.0. The maximum Gasteiger partial charge on any atom is 0.324 e. The number of sulfonamides is 1. The second-order valence-corrected chi connectivity index (χ2v) is 8.52. The van der Waals surface area contributed by atoms with Gasteiger partial charge in [0, 0.05) is 19.2 Å². The Hall–Kier alpha value is -3.04. The lowest BCUT2D eigenvalue weighted by Crippen LogP contribution is -2.47. The summed E-state index contributed by atoms with van der Waals surface area (Å²) in [5, 5.41) is 0. The zero-order chi connectivity index (χ0) is 21.7. The Kier molecular flexibility index (Phi) is 6.63. The van der Waals surface area contributed by atoms with Crippen molar-refractivity contribution in [2.45, 2.75) is 31.2 Å². The zero-order valence-corrected chi connectivity index (χ0v) is 17.7. The third-order valence-corrected chi connectivity index (χ3v) is 6.44. The van der Waals surface area contributed by atoms with E-state index in [0.29, 0.717) is 17.0 Å². The van der Waals surface area contributed by atoms with Gasteiger partial charge in [-0.3, -0.25) is 9.78 Å². The lowest BCUT2D eigenvalue weighted by molar-refractivity contribution is -0.147. The summed E-state index contributed by atoms with van der Waals surface area (Å²) >= 11 is 0. The molecule has 1 N–H and O–H groups in total. The van der Waals surface area contributed by atoms with Crippen LogP contribution in [0.15, 0.2) is 60.1 Å². The molecule has 0 saturated carbocycles. The van der Waals surface area contributed by atoms with Gasteiger partial charge in [-0.2, -0.15) is 4.31 Å². The highest BCUT2D eigenvalue weighted by Gasteiger charge is 2.37. The molecule has 3 aromatic rings. The van der Waals surface area contributed by atoms with Crippen LogP contribution in [0.3, 0.4) is 0 Å². The number of carbonyl (C=O) groups is 1. The highest BCUT2D eigenvalue weighted by atomic mass is 32.2. The average molecular weight is 429 g/mol. The quantitative estimate of drug-likeness (QED) is 0.415. The number of esters is 1. The topological polar surface area (TPSA) is 105 Å². The molecule has 158 valence electrons. The van der Waals surface area contributed by atoms with E-state index in [-0.39, 0.29) is 24.5 Å². The van der Waals surface area contributed by atoms with Crippen molar-refractivity contribution in [3.05, 3.63) is 66.8 Å². The van der Waals surface area contributed by atoms with E-state index in [4.69, 9.17) is 4.74 Å². The first-order chi connectivity index (χ1) is 14.4. The number of nitrogens with one attached hydrogen (secondary N) is 1. The minimum atomic E-state index is -3.99. The fourth-order valence-electron chi connectivity index (χ4n) is 3.24. The van der Waals surface area contributed by atoms with Crippen molar-refractivity contribution in [1.82, 2.24) is 19.3 Å². The monoisotopic (exact) mass is 428 g/mol. The predicted molar refractivity (Wildman–Crippen MR) is 113 cm³/mol. The van der Waals surface area contributed by atoms with Crippen molar-refractivity contribution < 1.29 is 17.9 Å². The molecule has 8 nitrogen and oxygen atoms in total. The standard InChI is InChI=1S/C21H24N4O4S/c1-4-13-25(30(27,28)16-9-7-6-8-10-16)19(21(26)29-5-2)14-18-20-17(11-12-22-18)23-15(3)24-20/h4,6-12,19H,1,5,13-14H2,2-3H3,(H,23,24). The molecule has 3 rings (SSSR count). The highest BCUT2D eigenvalue weighted by Crippen LogP contribution is 2.23. The molecule has 0 aliphatic rings. The maximum atomic E-state index is 13.4. The molecule has 1 unspecified atom stereocenters. The van der Waals surface area contributed by atoms with Gasteiger partial charge >= 0.3 is 5.97 Å². The molecule has 0 amide bonds. The number of rotatable bonds is 9. The number of benzene rings is 1. The van der Waals surface area contributed by atoms with Crippen molar-refractivity contribution in [2.75, 3.05) is 13.2 Å². The second-order valence-electron chi connectivity index (χ2n) is 6.62. The SMILES string of the molecule is C=CCN(C(Cc1nccc2[nH]c(C)nc12)C(=O)OCC)S(=O)(=O)c1ccccc1. The van der Waals surface area contributed by atoms with Gasteiger partial charge in [-0.25, -0.2) is 13.4 Å². The van der Waals surface area contributed by atoms with Crippen LogP contribution in [0.2, 0.25) is 0 Å². The van der Waals surface area contributed by atoms with Crippen LogP contribution in [0.25, 0.3) is 11.0 Å². The summed E-state index contributed by atoms with van der Waals surface area (Å²) in [5.74, 6) is 0.0525. The van der Waals surface area contributed by atoms with E-state index in [2.05, 4.69) is 21.5 Å². The molecule has 30 heavy (non-hydrogen) atoms. The fraction of sp³-hybridized carbons (Fsp3) is 0.286. The number of ether oxygens (including phenoxy) is 1. The lowest BCUT2D eigenvalue weighted by Gasteiger charge is -2.28. The molecule has 0 saturated heterocycles. The lowest BCUT2D eigenvalue weighted by atomic mass is 10.1. The Balaban J connectivity index is 2.08. The number of nitrogens with zero attached hydrogens (tertiary/aromatic N) is 3. The number of H-pyrrole nitrogens is 1. The van der Waals surface area contributed by atoms with Crippen molar-refractivity contribution in [2.24, 2.45) is 0 Å². The van der Waals surface area contributed by atoms with Crippen molar-refractivity contribution >= 4 is 27.0 Å². The molecule has 0 fully saturated rings. The van der Waals surface area contributed by atoms with Gasteiger partial charge in [-0.1, -0.05) is 24.3 Å². The summed E-state index contributed by atoms with van der Waals surface area (Å²) in [5.41, 5.74) is 1.87. The molecule has 0 bridgehead atoms. The number of imidazole rings is 1. The van der Waals surface area contributed by atoms with E-state index in [0.717, 1.165) is 9.82 Å². The Morgan fingerprint density at radius 1 is 1.30 bits per heavy atom. The van der Waals surface area contributed by atoms with Gasteiger partial charge < -0.3 is 9.72 Å². The summed E-state index contributed by atoms with van der Waals surface area (Å²) < 4.78 is 33.0. The molecule has 0 aliphatic heterocycles. The summed E-state index contributed by atoms with van der Waals surface area (Å²) in [6, 6.07) is 8.63. The Morgan fingerprint density at radius 3 is 2.70 bits per heavy atom. The van der Waals surface area contributed by atoms with Crippen LogP contribution < -0.4 is 0 Å². The minimum Gasteiger partial charge on any atom is -0.465 e. The number of aromatic nitrogens is 3. The molecule has 1 aromatic carbocycles. The Labute approximate surface area is 175 Å². The van der Waals surface area contributed by atoms with E-state index < -0.39 is 22.0 Å². The van der Waals surface area contributed by atoms with Crippen molar-refractivity contribution in [3.63, 3.8) is 0 Å². The summed E-state index contributed by atoms with van der Waals surface area (Å²) in [6.45, 7) is 7.22. The number of aryl methyl sites for hydroxylation is 1. The number of hydrogen-bond donors (Lipinski definition) is 1. The molecule has 1 atom stereocenters. The van der Waals surface area contributed by atoms with Crippen LogP contribution in [0.1, 0.15) is 18.4 Å². The highest BCUT2D eigenvalue weighted by molar-refractivity contribution is 7.89. The number of pyridine rings is 1. The number of fused-ring (bicyclic) bond motifs is 1. The third-order valence-electron chi connectivity index (χ3n) is 4.55. The van der Waals surface area contributed by atoms with E-state index in [1.165, 1.54) is 18.2 Å². The third kappa shape index (κ3) is 4.42. The Bertz CT molecular complexity index is 1140. The normalized spacial score (nSPS) is 12.8. The van der Waals surface area contributed by atoms with Gasteiger partial charge in [0.1, 0.15) is 17.4 Å². The van der Waals surface area contributed by atoms with E-state index in [1.807, 2.05) is 6.92 Å². The molecule has 2 aromatic heterocycles. The Morgan fingerprint density at radius 2 is 2.03 bits per heavy atom. The molecule has 0 spiro atoms. The van der Waals surface area contributed by atoms with Gasteiger partial charge in [0.25, 0.3) is 0 Å². The molecule has 9 heteroatoms. The van der Waals surface area contributed by atoms with Gasteiger partial charge in [0.15, 0.2) is 0 Å².